The molecule has 17 heavy (non-hydrogen) atoms. The van der Waals surface area contributed by atoms with Gasteiger partial charge in [-0.3, -0.25) is 4.98 Å². The Morgan fingerprint density at radius 1 is 1.29 bits per heavy atom. The van der Waals surface area contributed by atoms with Crippen molar-refractivity contribution in [2.75, 3.05) is 0 Å². The summed E-state index contributed by atoms with van der Waals surface area (Å²) >= 11 is 0. The zero-order valence-corrected chi connectivity index (χ0v) is 9.63. The van der Waals surface area contributed by atoms with Crippen molar-refractivity contribution in [3.05, 3.63) is 42.1 Å². The highest BCUT2D eigenvalue weighted by Gasteiger charge is 2.10. The number of terminal acetylenes is 1. The summed E-state index contributed by atoms with van der Waals surface area (Å²) in [6.45, 7) is 0. The number of benzene rings is 1. The molecule has 2 aromatic rings. The lowest BCUT2D eigenvalue weighted by Gasteiger charge is -2.12. The van der Waals surface area contributed by atoms with Gasteiger partial charge in [0.05, 0.1) is 11.6 Å². The van der Waals surface area contributed by atoms with Gasteiger partial charge >= 0.3 is 0 Å². The fourth-order valence-electron chi connectivity index (χ4n) is 1.97. The van der Waals surface area contributed by atoms with Crippen molar-refractivity contribution in [1.82, 2.24) is 4.98 Å². The first-order valence-electron chi connectivity index (χ1n) is 5.78. The molecule has 0 aliphatic heterocycles. The van der Waals surface area contributed by atoms with Gasteiger partial charge in [-0.05, 0) is 30.5 Å². The molecular weight excluding hydrogens is 210 g/mol. The van der Waals surface area contributed by atoms with Crippen LogP contribution in [0.2, 0.25) is 0 Å². The van der Waals surface area contributed by atoms with E-state index in [0.717, 1.165) is 22.9 Å². The highest BCUT2D eigenvalue weighted by Crippen LogP contribution is 2.26. The minimum absolute atomic E-state index is 0.462. The van der Waals surface area contributed by atoms with Gasteiger partial charge in [-0.1, -0.05) is 18.2 Å². The molecule has 0 saturated carbocycles. The van der Waals surface area contributed by atoms with E-state index < -0.39 is 6.10 Å². The summed E-state index contributed by atoms with van der Waals surface area (Å²) in [4.78, 5) is 4.28. The highest BCUT2D eigenvalue weighted by molar-refractivity contribution is 5.82. The first-order valence-corrected chi connectivity index (χ1v) is 5.78. The third kappa shape index (κ3) is 2.64. The summed E-state index contributed by atoms with van der Waals surface area (Å²) in [6, 6.07) is 9.70. The van der Waals surface area contributed by atoms with Crippen molar-refractivity contribution in [2.24, 2.45) is 0 Å². The van der Waals surface area contributed by atoms with Crippen LogP contribution in [-0.2, 0) is 0 Å². The van der Waals surface area contributed by atoms with E-state index in [-0.39, 0.29) is 0 Å². The Labute approximate surface area is 101 Å². The van der Waals surface area contributed by atoms with Crippen LogP contribution < -0.4 is 0 Å². The number of aromatic nitrogens is 1. The van der Waals surface area contributed by atoms with Crippen LogP contribution >= 0.6 is 0 Å². The fourth-order valence-corrected chi connectivity index (χ4v) is 1.97. The van der Waals surface area contributed by atoms with Crippen molar-refractivity contribution in [2.45, 2.75) is 25.4 Å². The molecule has 0 spiro atoms. The van der Waals surface area contributed by atoms with Gasteiger partial charge in [-0.25, -0.2) is 0 Å². The molecule has 1 atom stereocenters. The molecule has 2 rings (SSSR count). The van der Waals surface area contributed by atoms with Crippen LogP contribution in [0, 0.1) is 12.3 Å². The van der Waals surface area contributed by atoms with Gasteiger partial charge in [-0.15, -0.1) is 12.3 Å². The third-order valence-electron chi connectivity index (χ3n) is 2.84. The van der Waals surface area contributed by atoms with Crippen LogP contribution in [0.5, 0.6) is 0 Å². The molecule has 86 valence electrons. The zero-order valence-electron chi connectivity index (χ0n) is 9.63. The van der Waals surface area contributed by atoms with Crippen LogP contribution in [0.1, 0.15) is 30.9 Å². The third-order valence-corrected chi connectivity index (χ3v) is 2.84. The Kier molecular flexibility index (Phi) is 3.74. The number of nitrogens with zero attached hydrogens (tertiary/aromatic N) is 1. The maximum atomic E-state index is 10.1. The normalized spacial score (nSPS) is 12.2. The molecule has 0 saturated heterocycles. The van der Waals surface area contributed by atoms with Crippen LogP contribution in [0.3, 0.4) is 0 Å². The standard InChI is InChI=1S/C15H15NO/c1-2-3-4-10-15(17)13-7-5-9-14-12(13)8-6-11-16-14/h1,5-9,11,15,17H,3-4,10H2. The summed E-state index contributed by atoms with van der Waals surface area (Å²) in [5.41, 5.74) is 1.86. The summed E-state index contributed by atoms with van der Waals surface area (Å²) in [5.74, 6) is 2.59. The zero-order chi connectivity index (χ0) is 12.1. The second-order valence-corrected chi connectivity index (χ2v) is 4.03. The van der Waals surface area contributed by atoms with E-state index in [0.29, 0.717) is 12.8 Å². The highest BCUT2D eigenvalue weighted by atomic mass is 16.3. The molecule has 0 aliphatic carbocycles. The average molecular weight is 225 g/mol. The van der Waals surface area contributed by atoms with E-state index in [9.17, 15) is 5.11 Å². The summed E-state index contributed by atoms with van der Waals surface area (Å²) in [5, 5.41) is 11.2. The molecule has 1 unspecified atom stereocenters. The molecule has 0 fully saturated rings. The Hall–Kier alpha value is -1.85. The van der Waals surface area contributed by atoms with Crippen molar-refractivity contribution in [3.63, 3.8) is 0 Å². The maximum Gasteiger partial charge on any atom is 0.0796 e. The number of aliphatic hydroxyl groups is 1. The summed E-state index contributed by atoms with van der Waals surface area (Å²) in [7, 11) is 0. The Bertz CT molecular complexity index is 537. The van der Waals surface area contributed by atoms with Gasteiger partial charge in [0.2, 0.25) is 0 Å². The molecule has 2 nitrogen and oxygen atoms in total. The van der Waals surface area contributed by atoms with E-state index in [1.54, 1.807) is 6.20 Å². The van der Waals surface area contributed by atoms with Crippen LogP contribution in [-0.4, -0.2) is 10.1 Å². The Morgan fingerprint density at radius 2 is 2.18 bits per heavy atom. The number of fused-ring (bicyclic) bond motifs is 1. The minimum Gasteiger partial charge on any atom is -0.388 e. The summed E-state index contributed by atoms with van der Waals surface area (Å²) < 4.78 is 0. The van der Waals surface area contributed by atoms with Crippen LogP contribution in [0.4, 0.5) is 0 Å². The molecule has 1 heterocycles. The SMILES string of the molecule is C#CCCCC(O)c1cccc2ncccc12. The summed E-state index contributed by atoms with van der Waals surface area (Å²) in [6.07, 6.45) is 8.74. The lowest BCUT2D eigenvalue weighted by atomic mass is 9.99. The van der Waals surface area contributed by atoms with Gasteiger partial charge in [0.1, 0.15) is 0 Å². The van der Waals surface area contributed by atoms with Crippen LogP contribution in [0.25, 0.3) is 10.9 Å². The largest absolute Gasteiger partial charge is 0.388 e. The van der Waals surface area contributed by atoms with E-state index in [2.05, 4.69) is 10.9 Å². The van der Waals surface area contributed by atoms with Crippen LogP contribution in [0.15, 0.2) is 36.5 Å². The minimum atomic E-state index is -0.462. The number of hydrogen-bond donors (Lipinski definition) is 1. The Morgan fingerprint density at radius 3 is 3.00 bits per heavy atom. The van der Waals surface area contributed by atoms with Gasteiger partial charge in [0, 0.05) is 18.0 Å². The number of unbranched alkanes of at least 4 members (excludes halogenated alkanes) is 1. The number of aliphatic hydroxyl groups excluding tert-OH is 1. The quantitative estimate of drug-likeness (QED) is 0.640. The molecule has 0 aliphatic rings. The molecule has 1 aromatic heterocycles. The van der Waals surface area contributed by atoms with Crippen molar-refractivity contribution in [1.29, 1.82) is 0 Å². The maximum absolute atomic E-state index is 10.1. The fraction of sp³-hybridized carbons (Fsp3) is 0.267. The molecule has 1 aromatic carbocycles. The lowest BCUT2D eigenvalue weighted by molar-refractivity contribution is 0.166. The first-order chi connectivity index (χ1) is 8.33. The second-order valence-electron chi connectivity index (χ2n) is 4.03. The van der Waals surface area contributed by atoms with Crippen molar-refractivity contribution >= 4 is 10.9 Å². The molecule has 0 bridgehead atoms. The van der Waals surface area contributed by atoms with Crippen molar-refractivity contribution < 1.29 is 5.11 Å². The molecule has 2 heteroatoms. The molecule has 0 radical (unpaired) electrons. The Balaban J connectivity index is 2.26. The van der Waals surface area contributed by atoms with Crippen molar-refractivity contribution in [3.8, 4) is 12.3 Å². The number of pyridine rings is 1. The topological polar surface area (TPSA) is 33.1 Å². The molecule has 1 N–H and O–H groups in total. The smallest absolute Gasteiger partial charge is 0.0796 e. The molecule has 0 amide bonds. The van der Waals surface area contributed by atoms with E-state index in [1.807, 2.05) is 30.3 Å². The predicted octanol–water partition coefficient (Wildman–Crippen LogP) is 3.07. The number of rotatable bonds is 4. The van der Waals surface area contributed by atoms with Gasteiger partial charge in [-0.2, -0.15) is 0 Å². The van der Waals surface area contributed by atoms with Gasteiger partial charge in [0.15, 0.2) is 0 Å². The molecular formula is C15H15NO. The second kappa shape index (κ2) is 5.47. The number of hydrogen-bond acceptors (Lipinski definition) is 2. The average Bonchev–Trinajstić information content (AvgIpc) is 2.38. The van der Waals surface area contributed by atoms with Gasteiger partial charge in [0.25, 0.3) is 0 Å². The van der Waals surface area contributed by atoms with E-state index >= 15 is 0 Å². The predicted molar refractivity (Wildman–Crippen MR) is 69.4 cm³/mol. The monoisotopic (exact) mass is 225 g/mol. The van der Waals surface area contributed by atoms with E-state index in [4.69, 9.17) is 6.42 Å². The van der Waals surface area contributed by atoms with Gasteiger partial charge < -0.3 is 5.11 Å². The lowest BCUT2D eigenvalue weighted by Crippen LogP contribution is -1.98. The first kappa shape index (κ1) is 11.6. The van der Waals surface area contributed by atoms with E-state index in [1.165, 1.54) is 0 Å².